The van der Waals surface area contributed by atoms with E-state index in [9.17, 15) is 9.18 Å². The van der Waals surface area contributed by atoms with Crippen LogP contribution >= 0.6 is 0 Å². The molecule has 6 heteroatoms. The Kier molecular flexibility index (Phi) is 5.35. The van der Waals surface area contributed by atoms with Crippen molar-refractivity contribution in [2.75, 3.05) is 14.2 Å². The maximum Gasteiger partial charge on any atom is 0.224 e. The lowest BCUT2D eigenvalue weighted by Crippen LogP contribution is -2.28. The van der Waals surface area contributed by atoms with Crippen LogP contribution in [0, 0.1) is 12.7 Å². The smallest absolute Gasteiger partial charge is 0.224 e. The van der Waals surface area contributed by atoms with Crippen molar-refractivity contribution in [3.63, 3.8) is 0 Å². The predicted octanol–water partition coefficient (Wildman–Crippen LogP) is 4.05. The van der Waals surface area contributed by atoms with Crippen LogP contribution in [0.25, 0.3) is 10.9 Å². The Hall–Kier alpha value is -3.02. The minimum Gasteiger partial charge on any atom is -0.497 e. The zero-order valence-electron chi connectivity index (χ0n) is 15.9. The highest BCUT2D eigenvalue weighted by atomic mass is 19.1. The number of aromatic amines is 1. The van der Waals surface area contributed by atoms with Crippen LogP contribution in [-0.4, -0.2) is 25.1 Å². The number of methoxy groups -OCH3 is 2. The van der Waals surface area contributed by atoms with Crippen LogP contribution in [0.5, 0.6) is 11.5 Å². The van der Waals surface area contributed by atoms with Crippen molar-refractivity contribution >= 4 is 16.8 Å². The molecule has 1 aromatic heterocycles. The lowest BCUT2D eigenvalue weighted by Gasteiger charge is -2.18. The number of nitrogens with one attached hydrogen (secondary N) is 2. The molecule has 1 heterocycles. The summed E-state index contributed by atoms with van der Waals surface area (Å²) in [6.45, 7) is 3.78. The van der Waals surface area contributed by atoms with Crippen molar-refractivity contribution < 1.29 is 18.7 Å². The van der Waals surface area contributed by atoms with Gasteiger partial charge in [-0.3, -0.25) is 4.79 Å². The summed E-state index contributed by atoms with van der Waals surface area (Å²) in [5, 5.41) is 3.72. The third kappa shape index (κ3) is 3.89. The molecule has 142 valence electrons. The third-order valence-corrected chi connectivity index (χ3v) is 4.70. The van der Waals surface area contributed by atoms with Crippen LogP contribution in [0.15, 0.2) is 36.4 Å². The Labute approximate surface area is 157 Å². The van der Waals surface area contributed by atoms with E-state index >= 15 is 0 Å². The first-order valence-corrected chi connectivity index (χ1v) is 8.71. The number of fused-ring (bicyclic) bond motifs is 1. The van der Waals surface area contributed by atoms with Gasteiger partial charge in [0.15, 0.2) is 0 Å². The van der Waals surface area contributed by atoms with Gasteiger partial charge in [0.25, 0.3) is 0 Å². The second-order valence-corrected chi connectivity index (χ2v) is 6.49. The lowest BCUT2D eigenvalue weighted by atomic mass is 10.0. The molecule has 0 saturated heterocycles. The maximum absolute atomic E-state index is 13.6. The molecule has 1 unspecified atom stereocenters. The van der Waals surface area contributed by atoms with E-state index in [0.717, 1.165) is 27.7 Å². The first kappa shape index (κ1) is 18.8. The van der Waals surface area contributed by atoms with Crippen molar-refractivity contribution in [1.29, 1.82) is 0 Å². The van der Waals surface area contributed by atoms with Gasteiger partial charge in [-0.15, -0.1) is 0 Å². The number of rotatable bonds is 6. The van der Waals surface area contributed by atoms with Crippen LogP contribution in [0.1, 0.15) is 29.8 Å². The fourth-order valence-electron chi connectivity index (χ4n) is 3.29. The molecule has 3 aromatic rings. The summed E-state index contributed by atoms with van der Waals surface area (Å²) in [5.74, 6) is 0.867. The van der Waals surface area contributed by atoms with Crippen LogP contribution in [0.3, 0.4) is 0 Å². The molecule has 0 radical (unpaired) electrons. The predicted molar refractivity (Wildman–Crippen MR) is 103 cm³/mol. The zero-order chi connectivity index (χ0) is 19.6. The average Bonchev–Trinajstić information content (AvgIpc) is 2.95. The number of amides is 1. The van der Waals surface area contributed by atoms with E-state index in [1.807, 2.05) is 26.0 Å². The van der Waals surface area contributed by atoms with Crippen LogP contribution in [0.4, 0.5) is 4.39 Å². The summed E-state index contributed by atoms with van der Waals surface area (Å²) >= 11 is 0. The van der Waals surface area contributed by atoms with Crippen molar-refractivity contribution in [3.05, 3.63) is 59.0 Å². The summed E-state index contributed by atoms with van der Waals surface area (Å²) in [4.78, 5) is 15.8. The number of hydrogen-bond acceptors (Lipinski definition) is 3. The third-order valence-electron chi connectivity index (χ3n) is 4.70. The van der Waals surface area contributed by atoms with Gasteiger partial charge in [-0.1, -0.05) is 0 Å². The Balaban J connectivity index is 1.78. The van der Waals surface area contributed by atoms with Gasteiger partial charge in [0, 0.05) is 28.2 Å². The van der Waals surface area contributed by atoms with E-state index in [1.54, 1.807) is 26.4 Å². The number of benzene rings is 2. The molecule has 0 bridgehead atoms. The van der Waals surface area contributed by atoms with E-state index < -0.39 is 0 Å². The Morgan fingerprint density at radius 1 is 1.19 bits per heavy atom. The Morgan fingerprint density at radius 3 is 2.67 bits per heavy atom. The summed E-state index contributed by atoms with van der Waals surface area (Å²) in [7, 11) is 3.17. The van der Waals surface area contributed by atoms with Gasteiger partial charge in [-0.25, -0.2) is 4.39 Å². The van der Waals surface area contributed by atoms with Crippen molar-refractivity contribution in [3.8, 4) is 11.5 Å². The van der Waals surface area contributed by atoms with E-state index in [-0.39, 0.29) is 24.2 Å². The van der Waals surface area contributed by atoms with Gasteiger partial charge in [0.2, 0.25) is 5.91 Å². The molecular formula is C21H23FN2O3. The van der Waals surface area contributed by atoms with Crippen molar-refractivity contribution in [1.82, 2.24) is 10.3 Å². The topological polar surface area (TPSA) is 63.3 Å². The van der Waals surface area contributed by atoms with E-state index in [4.69, 9.17) is 9.47 Å². The molecule has 0 aliphatic rings. The van der Waals surface area contributed by atoms with E-state index in [2.05, 4.69) is 10.3 Å². The number of aryl methyl sites for hydroxylation is 1. The number of halogens is 1. The summed E-state index contributed by atoms with van der Waals surface area (Å²) in [6, 6.07) is 9.77. The molecule has 0 aliphatic heterocycles. The zero-order valence-corrected chi connectivity index (χ0v) is 15.9. The van der Waals surface area contributed by atoms with Gasteiger partial charge < -0.3 is 19.8 Å². The molecule has 1 amide bonds. The second kappa shape index (κ2) is 7.70. The average molecular weight is 370 g/mol. The molecule has 0 saturated carbocycles. The highest BCUT2D eigenvalue weighted by molar-refractivity contribution is 5.90. The summed E-state index contributed by atoms with van der Waals surface area (Å²) in [6.07, 6.45) is 0.165. The Bertz CT molecular complexity index is 981. The molecule has 2 aromatic carbocycles. The first-order chi connectivity index (χ1) is 12.9. The minimum atomic E-state index is -0.320. The molecule has 0 fully saturated rings. The number of ether oxygens (including phenoxy) is 2. The molecule has 0 aliphatic carbocycles. The molecule has 2 N–H and O–H groups in total. The second-order valence-electron chi connectivity index (χ2n) is 6.49. The summed E-state index contributed by atoms with van der Waals surface area (Å²) in [5.41, 5.74) is 3.34. The molecule has 3 rings (SSSR count). The standard InChI is InChI=1S/C21H23FN2O3/c1-12(16-7-6-15(26-3)10-20(16)27-4)24-21(25)11-17-13(2)23-19-8-5-14(22)9-18(17)19/h5-10,12,23H,11H2,1-4H3,(H,24,25). The van der Waals surface area contributed by atoms with Crippen molar-refractivity contribution in [2.24, 2.45) is 0 Å². The number of aromatic nitrogens is 1. The highest BCUT2D eigenvalue weighted by Gasteiger charge is 2.18. The van der Waals surface area contributed by atoms with Crippen LogP contribution < -0.4 is 14.8 Å². The first-order valence-electron chi connectivity index (χ1n) is 8.71. The molecular weight excluding hydrogens is 347 g/mol. The lowest BCUT2D eigenvalue weighted by molar-refractivity contribution is -0.121. The normalized spacial score (nSPS) is 12.0. The maximum atomic E-state index is 13.6. The largest absolute Gasteiger partial charge is 0.497 e. The molecule has 27 heavy (non-hydrogen) atoms. The summed E-state index contributed by atoms with van der Waals surface area (Å²) < 4.78 is 24.2. The van der Waals surface area contributed by atoms with Crippen molar-refractivity contribution in [2.45, 2.75) is 26.3 Å². The minimum absolute atomic E-state index is 0.145. The fourth-order valence-corrected chi connectivity index (χ4v) is 3.29. The van der Waals surface area contributed by atoms with Gasteiger partial charge in [-0.2, -0.15) is 0 Å². The molecule has 1 atom stereocenters. The fraction of sp³-hybridized carbons (Fsp3) is 0.286. The van der Waals surface area contributed by atoms with E-state index in [1.165, 1.54) is 12.1 Å². The van der Waals surface area contributed by atoms with Crippen LogP contribution in [0.2, 0.25) is 0 Å². The quantitative estimate of drug-likeness (QED) is 0.688. The molecule has 0 spiro atoms. The monoisotopic (exact) mass is 370 g/mol. The number of carbonyl (C=O) groups is 1. The number of carbonyl (C=O) groups excluding carboxylic acids is 1. The van der Waals surface area contributed by atoms with Gasteiger partial charge in [0.1, 0.15) is 17.3 Å². The number of hydrogen-bond donors (Lipinski definition) is 2. The van der Waals surface area contributed by atoms with Crippen LogP contribution in [-0.2, 0) is 11.2 Å². The Morgan fingerprint density at radius 2 is 1.96 bits per heavy atom. The van der Waals surface area contributed by atoms with Gasteiger partial charge in [0.05, 0.1) is 26.7 Å². The van der Waals surface area contributed by atoms with E-state index in [0.29, 0.717) is 11.5 Å². The SMILES string of the molecule is COc1ccc(C(C)NC(=O)Cc2c(C)[nH]c3ccc(F)cc23)c(OC)c1. The number of H-pyrrole nitrogens is 1. The molecule has 5 nitrogen and oxygen atoms in total. The van der Waals surface area contributed by atoms with Gasteiger partial charge in [-0.05, 0) is 49.7 Å². The van der Waals surface area contributed by atoms with Gasteiger partial charge >= 0.3 is 0 Å². The highest BCUT2D eigenvalue weighted by Crippen LogP contribution is 2.29.